The SMILES string of the molecule is Cl.O=C(CCc1ccccc1NC(=O)C(O)CCCC(O)(O)O)OC(c1ccccc1)c1ccccc1. The van der Waals surface area contributed by atoms with Gasteiger partial charge in [-0.1, -0.05) is 78.9 Å². The van der Waals surface area contributed by atoms with Gasteiger partial charge in [0, 0.05) is 18.5 Å². The zero-order valence-electron chi connectivity index (χ0n) is 20.2. The third kappa shape index (κ3) is 9.95. The highest BCUT2D eigenvalue weighted by atomic mass is 35.5. The maximum absolute atomic E-state index is 12.8. The molecule has 0 aliphatic carbocycles. The van der Waals surface area contributed by atoms with E-state index in [1.54, 1.807) is 24.3 Å². The molecule has 3 aromatic carbocycles. The second-order valence-corrected chi connectivity index (χ2v) is 8.52. The van der Waals surface area contributed by atoms with Gasteiger partial charge in [-0.25, -0.2) is 0 Å². The Bertz CT molecular complexity index is 1080. The van der Waals surface area contributed by atoms with Crippen molar-refractivity contribution in [2.45, 2.75) is 50.3 Å². The first-order valence-electron chi connectivity index (χ1n) is 11.8. The van der Waals surface area contributed by atoms with E-state index in [0.717, 1.165) is 11.1 Å². The van der Waals surface area contributed by atoms with Crippen molar-refractivity contribution in [3.63, 3.8) is 0 Å². The minimum atomic E-state index is -2.84. The topological polar surface area (TPSA) is 136 Å². The van der Waals surface area contributed by atoms with E-state index in [-0.39, 0.29) is 31.7 Å². The predicted octanol–water partition coefficient (Wildman–Crippen LogP) is 3.47. The van der Waals surface area contributed by atoms with Gasteiger partial charge in [0.15, 0.2) is 6.10 Å². The lowest BCUT2D eigenvalue weighted by molar-refractivity contribution is -0.315. The van der Waals surface area contributed by atoms with Crippen LogP contribution in [0.3, 0.4) is 0 Å². The highest BCUT2D eigenvalue weighted by Gasteiger charge is 2.22. The Morgan fingerprint density at radius 3 is 1.95 bits per heavy atom. The van der Waals surface area contributed by atoms with E-state index >= 15 is 0 Å². The molecule has 0 saturated heterocycles. The van der Waals surface area contributed by atoms with Crippen LogP contribution in [0.5, 0.6) is 0 Å². The Kier molecular flexibility index (Phi) is 11.7. The fourth-order valence-electron chi connectivity index (χ4n) is 3.75. The van der Waals surface area contributed by atoms with E-state index in [2.05, 4.69) is 5.32 Å². The van der Waals surface area contributed by atoms with Crippen molar-refractivity contribution < 1.29 is 34.8 Å². The van der Waals surface area contributed by atoms with Gasteiger partial charge < -0.3 is 30.5 Å². The third-order valence-electron chi connectivity index (χ3n) is 5.62. The molecule has 0 aliphatic heterocycles. The molecule has 1 unspecified atom stereocenters. The number of hydrogen-bond donors (Lipinski definition) is 5. The van der Waals surface area contributed by atoms with Gasteiger partial charge in [0.25, 0.3) is 11.9 Å². The summed E-state index contributed by atoms with van der Waals surface area (Å²) >= 11 is 0. The zero-order chi connectivity index (χ0) is 26.0. The zero-order valence-corrected chi connectivity index (χ0v) is 21.0. The van der Waals surface area contributed by atoms with Gasteiger partial charge in [-0.2, -0.15) is 0 Å². The number of aliphatic hydroxyl groups excluding tert-OH is 1. The molecule has 5 N–H and O–H groups in total. The molecule has 8 nitrogen and oxygen atoms in total. The van der Waals surface area contributed by atoms with Gasteiger partial charge >= 0.3 is 5.97 Å². The van der Waals surface area contributed by atoms with Crippen LogP contribution in [0.4, 0.5) is 5.69 Å². The Labute approximate surface area is 222 Å². The predicted molar refractivity (Wildman–Crippen MR) is 141 cm³/mol. The summed E-state index contributed by atoms with van der Waals surface area (Å²) in [6.45, 7) is 0. The summed E-state index contributed by atoms with van der Waals surface area (Å²) in [4.78, 5) is 25.2. The molecule has 198 valence electrons. The van der Waals surface area contributed by atoms with Gasteiger partial charge in [-0.15, -0.1) is 12.4 Å². The Morgan fingerprint density at radius 2 is 1.38 bits per heavy atom. The van der Waals surface area contributed by atoms with Crippen LogP contribution in [-0.4, -0.2) is 44.4 Å². The second kappa shape index (κ2) is 14.5. The molecule has 0 aliphatic rings. The van der Waals surface area contributed by atoms with Gasteiger partial charge in [0.2, 0.25) is 0 Å². The molecule has 0 bridgehead atoms. The summed E-state index contributed by atoms with van der Waals surface area (Å²) < 4.78 is 5.85. The molecular weight excluding hydrogens is 498 g/mol. The van der Waals surface area contributed by atoms with Gasteiger partial charge in [-0.05, 0) is 42.0 Å². The summed E-state index contributed by atoms with van der Waals surface area (Å²) in [7, 11) is 0. The van der Waals surface area contributed by atoms with Crippen LogP contribution in [0.15, 0.2) is 84.9 Å². The fraction of sp³-hybridized carbons (Fsp3) is 0.286. The highest BCUT2D eigenvalue weighted by molar-refractivity contribution is 5.94. The lowest BCUT2D eigenvalue weighted by Gasteiger charge is -2.19. The largest absolute Gasteiger partial charge is 0.453 e. The minimum absolute atomic E-state index is 0. The number of carbonyl (C=O) groups is 2. The van der Waals surface area contributed by atoms with Crippen LogP contribution in [-0.2, 0) is 20.7 Å². The van der Waals surface area contributed by atoms with E-state index in [1.807, 2.05) is 60.7 Å². The molecule has 0 heterocycles. The molecule has 1 amide bonds. The highest BCUT2D eigenvalue weighted by Crippen LogP contribution is 2.27. The number of anilines is 1. The first-order chi connectivity index (χ1) is 17.2. The average Bonchev–Trinajstić information content (AvgIpc) is 2.87. The fourth-order valence-corrected chi connectivity index (χ4v) is 3.75. The maximum atomic E-state index is 12.8. The molecule has 0 saturated carbocycles. The number of halogens is 1. The number of nitrogens with one attached hydrogen (secondary N) is 1. The number of benzene rings is 3. The van der Waals surface area contributed by atoms with Gasteiger partial charge in [-0.3, -0.25) is 9.59 Å². The molecule has 0 aromatic heterocycles. The first-order valence-corrected chi connectivity index (χ1v) is 11.8. The van der Waals surface area contributed by atoms with E-state index in [9.17, 15) is 14.7 Å². The molecule has 37 heavy (non-hydrogen) atoms. The number of esters is 1. The second-order valence-electron chi connectivity index (χ2n) is 8.52. The van der Waals surface area contributed by atoms with Crippen molar-refractivity contribution in [2.24, 2.45) is 0 Å². The molecule has 9 heteroatoms. The van der Waals surface area contributed by atoms with Crippen molar-refractivity contribution in [3.8, 4) is 0 Å². The number of aliphatic hydroxyl groups is 4. The number of aryl methyl sites for hydroxylation is 1. The molecule has 0 radical (unpaired) electrons. The molecule has 0 spiro atoms. The van der Waals surface area contributed by atoms with Crippen molar-refractivity contribution in [2.75, 3.05) is 5.32 Å². The Hall–Kier alpha value is -3.27. The molecule has 3 aromatic rings. The molecular formula is C28H32ClNO7. The van der Waals surface area contributed by atoms with E-state index in [1.165, 1.54) is 0 Å². The van der Waals surface area contributed by atoms with Crippen molar-refractivity contribution in [1.82, 2.24) is 0 Å². The van der Waals surface area contributed by atoms with Crippen LogP contribution in [0, 0.1) is 0 Å². The van der Waals surface area contributed by atoms with Gasteiger partial charge in [0.1, 0.15) is 6.10 Å². The quantitative estimate of drug-likeness (QED) is 0.179. The summed E-state index contributed by atoms with van der Waals surface area (Å²) in [6, 6.07) is 25.9. The lowest BCUT2D eigenvalue weighted by atomic mass is 10.0. The normalized spacial score (nSPS) is 11.9. The van der Waals surface area contributed by atoms with Crippen molar-refractivity contribution >= 4 is 30.0 Å². The Balaban J connectivity index is 0.00000481. The molecule has 0 fully saturated rings. The van der Waals surface area contributed by atoms with E-state index in [4.69, 9.17) is 20.1 Å². The molecule has 1 atom stereocenters. The monoisotopic (exact) mass is 529 g/mol. The van der Waals surface area contributed by atoms with Crippen LogP contribution in [0.2, 0.25) is 0 Å². The standard InChI is InChI=1S/C28H31NO7.ClH/c30-24(16-9-19-28(33,34)35)27(32)29-23-15-8-7-10-20(23)17-18-25(31)36-26(21-11-3-1-4-12-21)22-13-5-2-6-14-22;/h1-8,10-15,24,26,30,33-35H,9,16-19H2,(H,29,32);1H. The molecule has 3 rings (SSSR count). The number of amides is 1. The smallest absolute Gasteiger partial charge is 0.307 e. The van der Waals surface area contributed by atoms with Crippen molar-refractivity contribution in [3.05, 3.63) is 102 Å². The summed E-state index contributed by atoms with van der Waals surface area (Å²) in [6.07, 6.45) is -1.99. The Morgan fingerprint density at radius 1 is 0.838 bits per heavy atom. The summed E-state index contributed by atoms with van der Waals surface area (Å²) in [5.74, 6) is -3.90. The van der Waals surface area contributed by atoms with Crippen LogP contribution >= 0.6 is 12.4 Å². The van der Waals surface area contributed by atoms with E-state index < -0.39 is 36.5 Å². The number of para-hydroxylation sites is 1. The van der Waals surface area contributed by atoms with Crippen molar-refractivity contribution in [1.29, 1.82) is 0 Å². The number of rotatable bonds is 12. The number of carbonyl (C=O) groups excluding carboxylic acids is 2. The first kappa shape index (κ1) is 30.0. The average molecular weight is 530 g/mol. The lowest BCUT2D eigenvalue weighted by Crippen LogP contribution is -2.30. The number of ether oxygens (including phenoxy) is 1. The van der Waals surface area contributed by atoms with Crippen LogP contribution in [0.1, 0.15) is 48.5 Å². The maximum Gasteiger partial charge on any atom is 0.307 e. The van der Waals surface area contributed by atoms with Crippen LogP contribution in [0.25, 0.3) is 0 Å². The number of hydrogen-bond acceptors (Lipinski definition) is 7. The summed E-state index contributed by atoms with van der Waals surface area (Å²) in [5, 5.41) is 39.5. The van der Waals surface area contributed by atoms with Crippen LogP contribution < -0.4 is 5.32 Å². The third-order valence-corrected chi connectivity index (χ3v) is 5.62. The van der Waals surface area contributed by atoms with Gasteiger partial charge in [0.05, 0.1) is 0 Å². The summed E-state index contributed by atoms with van der Waals surface area (Å²) in [5.41, 5.74) is 2.88. The minimum Gasteiger partial charge on any atom is -0.453 e. The van der Waals surface area contributed by atoms with E-state index in [0.29, 0.717) is 17.7 Å².